The van der Waals surface area contributed by atoms with Crippen LogP contribution in [0.25, 0.3) is 0 Å². The Morgan fingerprint density at radius 3 is 2.36 bits per heavy atom. The Hall–Kier alpha value is -0.530. The molecule has 14 heavy (non-hydrogen) atoms. The molecular weight excluding hydrogens is 174 g/mol. The van der Waals surface area contributed by atoms with Crippen molar-refractivity contribution >= 4 is 5.91 Å². The summed E-state index contributed by atoms with van der Waals surface area (Å²) in [4.78, 5) is 11.5. The van der Waals surface area contributed by atoms with Crippen LogP contribution in [-0.4, -0.2) is 11.9 Å². The van der Waals surface area contributed by atoms with Crippen molar-refractivity contribution in [3.63, 3.8) is 0 Å². The highest BCUT2D eigenvalue weighted by molar-refractivity contribution is 5.76. The third-order valence-corrected chi connectivity index (χ3v) is 2.81. The van der Waals surface area contributed by atoms with Gasteiger partial charge < -0.3 is 5.32 Å². The SMILES string of the molecule is CC(C)CC(=O)NC1CCCCCC1.[HH]. The minimum absolute atomic E-state index is 0. The van der Waals surface area contributed by atoms with Crippen LogP contribution >= 0.6 is 0 Å². The Morgan fingerprint density at radius 1 is 1.29 bits per heavy atom. The Balaban J connectivity index is 0.00000196. The zero-order chi connectivity index (χ0) is 10.4. The monoisotopic (exact) mass is 199 g/mol. The predicted molar refractivity (Wildman–Crippen MR) is 61.2 cm³/mol. The maximum Gasteiger partial charge on any atom is 0.220 e. The van der Waals surface area contributed by atoms with Crippen LogP contribution in [0.1, 0.15) is 60.2 Å². The van der Waals surface area contributed by atoms with Gasteiger partial charge in [0.2, 0.25) is 5.91 Å². The van der Waals surface area contributed by atoms with Gasteiger partial charge in [-0.2, -0.15) is 0 Å². The lowest BCUT2D eigenvalue weighted by Crippen LogP contribution is -2.34. The number of carbonyl (C=O) groups is 1. The lowest BCUT2D eigenvalue weighted by molar-refractivity contribution is -0.122. The fraction of sp³-hybridized carbons (Fsp3) is 0.917. The summed E-state index contributed by atoms with van der Waals surface area (Å²) >= 11 is 0. The van der Waals surface area contributed by atoms with Crippen molar-refractivity contribution in [1.82, 2.24) is 5.32 Å². The van der Waals surface area contributed by atoms with Gasteiger partial charge in [-0.1, -0.05) is 39.5 Å². The van der Waals surface area contributed by atoms with E-state index in [1.807, 2.05) is 0 Å². The Morgan fingerprint density at radius 2 is 1.86 bits per heavy atom. The van der Waals surface area contributed by atoms with E-state index in [0.29, 0.717) is 18.4 Å². The van der Waals surface area contributed by atoms with Gasteiger partial charge in [0.15, 0.2) is 0 Å². The molecule has 0 bridgehead atoms. The van der Waals surface area contributed by atoms with Crippen molar-refractivity contribution in [1.29, 1.82) is 0 Å². The number of hydrogen-bond acceptors (Lipinski definition) is 1. The summed E-state index contributed by atoms with van der Waals surface area (Å²) in [7, 11) is 0. The second kappa shape index (κ2) is 6.05. The van der Waals surface area contributed by atoms with Gasteiger partial charge in [-0.15, -0.1) is 0 Å². The maximum atomic E-state index is 11.5. The van der Waals surface area contributed by atoms with Crippen molar-refractivity contribution in [3.8, 4) is 0 Å². The molecule has 0 radical (unpaired) electrons. The predicted octanol–water partition coefficient (Wildman–Crippen LogP) is 3.12. The standard InChI is InChI=1S/C12H23NO.H2/c1-10(2)9-12(14)13-11-7-5-3-4-6-8-11;/h10-11H,3-9H2,1-2H3,(H,13,14);1H. The quantitative estimate of drug-likeness (QED) is 0.695. The highest BCUT2D eigenvalue weighted by Crippen LogP contribution is 2.17. The average molecular weight is 199 g/mol. The van der Waals surface area contributed by atoms with Crippen LogP contribution in [0.2, 0.25) is 0 Å². The normalized spacial score (nSPS) is 19.4. The molecule has 0 spiro atoms. The van der Waals surface area contributed by atoms with Crippen LogP contribution in [0.5, 0.6) is 0 Å². The van der Waals surface area contributed by atoms with Crippen LogP contribution in [0.3, 0.4) is 0 Å². The highest BCUT2D eigenvalue weighted by Gasteiger charge is 2.14. The van der Waals surface area contributed by atoms with Crippen molar-refractivity contribution < 1.29 is 6.22 Å². The van der Waals surface area contributed by atoms with E-state index in [2.05, 4.69) is 19.2 Å². The fourth-order valence-electron chi connectivity index (χ4n) is 2.08. The molecule has 0 heterocycles. The van der Waals surface area contributed by atoms with Crippen molar-refractivity contribution in [3.05, 3.63) is 0 Å². The molecule has 1 fully saturated rings. The molecule has 0 atom stereocenters. The van der Waals surface area contributed by atoms with Gasteiger partial charge in [0, 0.05) is 13.9 Å². The number of hydrogen-bond donors (Lipinski definition) is 1. The van der Waals surface area contributed by atoms with Crippen LogP contribution in [-0.2, 0) is 4.79 Å². The third kappa shape index (κ3) is 4.64. The van der Waals surface area contributed by atoms with Gasteiger partial charge >= 0.3 is 0 Å². The molecule has 1 aliphatic rings. The molecule has 84 valence electrons. The molecule has 1 amide bonds. The van der Waals surface area contributed by atoms with Crippen molar-refractivity contribution in [2.75, 3.05) is 0 Å². The van der Waals surface area contributed by atoms with E-state index in [4.69, 9.17) is 0 Å². The van der Waals surface area contributed by atoms with E-state index >= 15 is 0 Å². The average Bonchev–Trinajstić information content (AvgIpc) is 2.31. The van der Waals surface area contributed by atoms with Gasteiger partial charge in [0.1, 0.15) is 0 Å². The third-order valence-electron chi connectivity index (χ3n) is 2.81. The van der Waals surface area contributed by atoms with Gasteiger partial charge in [-0.05, 0) is 18.8 Å². The summed E-state index contributed by atoms with van der Waals surface area (Å²) < 4.78 is 0. The summed E-state index contributed by atoms with van der Waals surface area (Å²) in [6.07, 6.45) is 8.30. The number of amides is 1. The first-order chi connectivity index (χ1) is 6.68. The number of carbonyl (C=O) groups excluding carboxylic acids is 1. The largest absolute Gasteiger partial charge is 0.353 e. The minimum atomic E-state index is 0. The van der Waals surface area contributed by atoms with E-state index in [0.717, 1.165) is 0 Å². The Bertz CT molecular complexity index is 174. The van der Waals surface area contributed by atoms with Gasteiger partial charge in [0.05, 0.1) is 0 Å². The first-order valence-electron chi connectivity index (χ1n) is 5.98. The number of nitrogens with one attached hydrogen (secondary N) is 1. The van der Waals surface area contributed by atoms with E-state index in [1.54, 1.807) is 0 Å². The molecule has 0 aliphatic heterocycles. The van der Waals surface area contributed by atoms with Crippen LogP contribution in [0.4, 0.5) is 0 Å². The lowest BCUT2D eigenvalue weighted by atomic mass is 10.1. The van der Waals surface area contributed by atoms with E-state index in [1.165, 1.54) is 38.5 Å². The first-order valence-corrected chi connectivity index (χ1v) is 5.98. The summed E-state index contributed by atoms with van der Waals surface area (Å²) in [6.45, 7) is 4.18. The summed E-state index contributed by atoms with van der Waals surface area (Å²) in [5.74, 6) is 0.715. The number of rotatable bonds is 3. The molecule has 1 rings (SSSR count). The van der Waals surface area contributed by atoms with E-state index < -0.39 is 0 Å². The second-order valence-electron chi connectivity index (χ2n) is 4.85. The van der Waals surface area contributed by atoms with Crippen LogP contribution < -0.4 is 5.32 Å². The molecule has 2 nitrogen and oxygen atoms in total. The highest BCUT2D eigenvalue weighted by atomic mass is 16.1. The molecule has 1 N–H and O–H groups in total. The lowest BCUT2D eigenvalue weighted by Gasteiger charge is -2.16. The van der Waals surface area contributed by atoms with Gasteiger partial charge in [-0.25, -0.2) is 0 Å². The molecule has 0 unspecified atom stereocenters. The fourth-order valence-corrected chi connectivity index (χ4v) is 2.08. The topological polar surface area (TPSA) is 29.1 Å². The van der Waals surface area contributed by atoms with Crippen LogP contribution in [0.15, 0.2) is 0 Å². The molecule has 0 aromatic heterocycles. The first kappa shape index (κ1) is 11.5. The van der Waals surface area contributed by atoms with Crippen molar-refractivity contribution in [2.45, 2.75) is 64.8 Å². The Labute approximate surface area is 88.9 Å². The smallest absolute Gasteiger partial charge is 0.220 e. The zero-order valence-corrected chi connectivity index (χ0v) is 9.51. The molecule has 1 saturated carbocycles. The Kier molecular flexibility index (Phi) is 4.99. The summed E-state index contributed by atoms with van der Waals surface area (Å²) in [5.41, 5.74) is 0. The summed E-state index contributed by atoms with van der Waals surface area (Å²) in [5, 5.41) is 3.15. The molecule has 1 aliphatic carbocycles. The molecule has 2 heteroatoms. The molecule has 0 saturated heterocycles. The van der Waals surface area contributed by atoms with E-state index in [9.17, 15) is 4.79 Å². The van der Waals surface area contributed by atoms with Crippen LogP contribution in [0, 0.1) is 5.92 Å². The molecule has 0 aromatic carbocycles. The minimum Gasteiger partial charge on any atom is -0.353 e. The van der Waals surface area contributed by atoms with Gasteiger partial charge in [-0.3, -0.25) is 4.79 Å². The molecular formula is C12H25NO. The maximum absolute atomic E-state index is 11.5. The zero-order valence-electron chi connectivity index (χ0n) is 9.51. The summed E-state index contributed by atoms with van der Waals surface area (Å²) in [6, 6.07) is 0.462. The van der Waals surface area contributed by atoms with Gasteiger partial charge in [0.25, 0.3) is 0 Å². The second-order valence-corrected chi connectivity index (χ2v) is 4.85. The van der Waals surface area contributed by atoms with E-state index in [-0.39, 0.29) is 7.33 Å². The van der Waals surface area contributed by atoms with Crippen molar-refractivity contribution in [2.24, 2.45) is 5.92 Å². The molecule has 0 aromatic rings.